The molecular weight excluding hydrogens is 230 g/mol. The van der Waals surface area contributed by atoms with Crippen LogP contribution in [0.25, 0.3) is 0 Å². The number of nitrogens with one attached hydrogen (secondary N) is 1. The second-order valence-electron chi connectivity index (χ2n) is 5.02. The van der Waals surface area contributed by atoms with E-state index in [0.717, 1.165) is 51.6 Å². The zero-order valence-corrected chi connectivity index (χ0v) is 10.7. The van der Waals surface area contributed by atoms with Gasteiger partial charge in [-0.15, -0.1) is 0 Å². The van der Waals surface area contributed by atoms with E-state index in [4.69, 9.17) is 0 Å². The molecule has 2 aliphatic heterocycles. The maximum Gasteiger partial charge on any atom is 0.274 e. The van der Waals surface area contributed by atoms with Crippen LogP contribution in [0.3, 0.4) is 0 Å². The lowest BCUT2D eigenvalue weighted by Crippen LogP contribution is -2.47. The predicted molar refractivity (Wildman–Crippen MR) is 68.7 cm³/mol. The number of hydrogen-bond acceptors (Lipinski definition) is 4. The molecule has 3 heterocycles. The molecule has 3 rings (SSSR count). The van der Waals surface area contributed by atoms with Crippen molar-refractivity contribution in [3.8, 4) is 0 Å². The number of imidazole rings is 1. The summed E-state index contributed by atoms with van der Waals surface area (Å²) in [5.74, 6) is 0.894. The van der Waals surface area contributed by atoms with E-state index in [1.165, 1.54) is 0 Å². The Labute approximate surface area is 107 Å². The highest BCUT2D eigenvalue weighted by Gasteiger charge is 2.24. The van der Waals surface area contributed by atoms with Crippen LogP contribution >= 0.6 is 0 Å². The molecule has 98 valence electrons. The van der Waals surface area contributed by atoms with Crippen LogP contribution in [0.15, 0.2) is 6.20 Å². The maximum absolute atomic E-state index is 12.3. The van der Waals surface area contributed by atoms with Gasteiger partial charge in [0.05, 0.1) is 0 Å². The van der Waals surface area contributed by atoms with Gasteiger partial charge >= 0.3 is 0 Å². The van der Waals surface area contributed by atoms with Crippen molar-refractivity contribution >= 4 is 11.9 Å². The number of hydrogen-bond donors (Lipinski definition) is 1. The van der Waals surface area contributed by atoms with E-state index in [-0.39, 0.29) is 5.91 Å². The predicted octanol–water partition coefficient (Wildman–Crippen LogP) is 0.0863. The van der Waals surface area contributed by atoms with Crippen LogP contribution in [-0.2, 0) is 6.54 Å². The largest absolute Gasteiger partial charge is 0.356 e. The molecule has 2 aliphatic rings. The van der Waals surface area contributed by atoms with E-state index in [9.17, 15) is 4.79 Å². The Hall–Kier alpha value is -1.56. The average molecular weight is 249 g/mol. The van der Waals surface area contributed by atoms with Crippen molar-refractivity contribution in [2.45, 2.75) is 13.0 Å². The highest BCUT2D eigenvalue weighted by Crippen LogP contribution is 2.16. The van der Waals surface area contributed by atoms with Gasteiger partial charge in [0.15, 0.2) is 0 Å². The molecule has 0 radical (unpaired) electrons. The number of rotatable bonds is 1. The molecule has 1 fully saturated rings. The molecule has 0 atom stereocenters. The van der Waals surface area contributed by atoms with Gasteiger partial charge in [-0.25, -0.2) is 4.98 Å². The Bertz CT molecular complexity index is 424. The molecule has 18 heavy (non-hydrogen) atoms. The van der Waals surface area contributed by atoms with E-state index in [2.05, 4.69) is 22.2 Å². The van der Waals surface area contributed by atoms with E-state index in [1.807, 2.05) is 15.7 Å². The number of piperazine rings is 1. The van der Waals surface area contributed by atoms with Crippen LogP contribution < -0.4 is 5.32 Å². The highest BCUT2D eigenvalue weighted by molar-refractivity contribution is 5.92. The zero-order chi connectivity index (χ0) is 12.5. The molecular formula is C12H19N5O. The number of carbonyl (C=O) groups excluding carboxylic acids is 1. The molecule has 6 heteroatoms. The molecule has 0 aliphatic carbocycles. The molecule has 6 nitrogen and oxygen atoms in total. The summed E-state index contributed by atoms with van der Waals surface area (Å²) in [6, 6.07) is 0. The number of aryl methyl sites for hydroxylation is 1. The summed E-state index contributed by atoms with van der Waals surface area (Å²) in [6.07, 6.45) is 2.97. The maximum atomic E-state index is 12.3. The van der Waals surface area contributed by atoms with Crippen LogP contribution in [-0.4, -0.2) is 65.0 Å². The second kappa shape index (κ2) is 4.61. The van der Waals surface area contributed by atoms with Crippen molar-refractivity contribution in [3.63, 3.8) is 0 Å². The lowest BCUT2D eigenvalue weighted by atomic mass is 10.3. The van der Waals surface area contributed by atoms with Crippen LogP contribution in [0.1, 0.15) is 16.9 Å². The number of nitrogens with zero attached hydrogens (tertiary/aromatic N) is 4. The molecule has 1 aromatic rings. The SMILES string of the molecule is CN1CCN(C(=O)c2cn3c(n2)NCCC3)CC1. The lowest BCUT2D eigenvalue weighted by molar-refractivity contribution is 0.0658. The van der Waals surface area contributed by atoms with Crippen LogP contribution in [0, 0.1) is 0 Å². The Morgan fingerprint density at radius 3 is 2.78 bits per heavy atom. The van der Waals surface area contributed by atoms with Gasteiger partial charge in [-0.2, -0.15) is 0 Å². The van der Waals surface area contributed by atoms with Gasteiger partial charge in [-0.3, -0.25) is 4.79 Å². The standard InChI is InChI=1S/C12H19N5O/c1-15-5-7-16(8-6-15)11(18)10-9-17-4-2-3-13-12(17)14-10/h9H,2-8H2,1H3,(H,13,14). The average Bonchev–Trinajstić information content (AvgIpc) is 2.82. The van der Waals surface area contributed by atoms with Gasteiger partial charge in [0, 0.05) is 45.5 Å². The molecule has 0 saturated carbocycles. The fourth-order valence-electron chi connectivity index (χ4n) is 2.45. The van der Waals surface area contributed by atoms with Crippen molar-refractivity contribution in [2.24, 2.45) is 0 Å². The Morgan fingerprint density at radius 2 is 2.06 bits per heavy atom. The fraction of sp³-hybridized carbons (Fsp3) is 0.667. The minimum atomic E-state index is 0.0619. The van der Waals surface area contributed by atoms with Crippen molar-refractivity contribution in [3.05, 3.63) is 11.9 Å². The lowest BCUT2D eigenvalue weighted by Gasteiger charge is -2.31. The summed E-state index contributed by atoms with van der Waals surface area (Å²) in [5.41, 5.74) is 0.573. The first-order valence-corrected chi connectivity index (χ1v) is 6.53. The minimum Gasteiger partial charge on any atom is -0.356 e. The molecule has 1 amide bonds. The van der Waals surface area contributed by atoms with Crippen molar-refractivity contribution in [2.75, 3.05) is 45.1 Å². The monoisotopic (exact) mass is 249 g/mol. The number of fused-ring (bicyclic) bond motifs is 1. The van der Waals surface area contributed by atoms with Gasteiger partial charge in [-0.1, -0.05) is 0 Å². The summed E-state index contributed by atoms with van der Waals surface area (Å²) in [4.78, 5) is 20.9. The molecule has 1 saturated heterocycles. The third kappa shape index (κ3) is 2.08. The quantitative estimate of drug-likeness (QED) is 0.766. The van der Waals surface area contributed by atoms with Gasteiger partial charge < -0.3 is 19.7 Å². The third-order valence-corrected chi connectivity index (χ3v) is 3.65. The summed E-state index contributed by atoms with van der Waals surface area (Å²) in [6.45, 7) is 5.37. The van der Waals surface area contributed by atoms with E-state index in [1.54, 1.807) is 0 Å². The highest BCUT2D eigenvalue weighted by atomic mass is 16.2. The Balaban J connectivity index is 1.74. The van der Waals surface area contributed by atoms with Crippen molar-refractivity contribution < 1.29 is 4.79 Å². The smallest absolute Gasteiger partial charge is 0.274 e. The van der Waals surface area contributed by atoms with Crippen molar-refractivity contribution in [1.82, 2.24) is 19.4 Å². The first kappa shape index (κ1) is 11.5. The van der Waals surface area contributed by atoms with Gasteiger partial charge in [-0.05, 0) is 13.5 Å². The molecule has 1 aromatic heterocycles. The number of carbonyl (C=O) groups is 1. The number of amides is 1. The number of likely N-dealkylation sites (N-methyl/N-ethyl adjacent to an activating group) is 1. The first-order valence-electron chi connectivity index (χ1n) is 6.53. The van der Waals surface area contributed by atoms with Crippen LogP contribution in [0.4, 0.5) is 5.95 Å². The second-order valence-corrected chi connectivity index (χ2v) is 5.02. The first-order chi connectivity index (χ1) is 8.74. The summed E-state index contributed by atoms with van der Waals surface area (Å²) >= 11 is 0. The molecule has 0 spiro atoms. The molecule has 0 aromatic carbocycles. The Kier molecular flexibility index (Phi) is 2.95. The fourth-order valence-corrected chi connectivity index (χ4v) is 2.45. The summed E-state index contributed by atoms with van der Waals surface area (Å²) < 4.78 is 2.03. The number of aromatic nitrogens is 2. The van der Waals surface area contributed by atoms with Gasteiger partial charge in [0.25, 0.3) is 5.91 Å². The van der Waals surface area contributed by atoms with E-state index >= 15 is 0 Å². The molecule has 0 unspecified atom stereocenters. The van der Waals surface area contributed by atoms with Crippen molar-refractivity contribution in [1.29, 1.82) is 0 Å². The minimum absolute atomic E-state index is 0.0619. The van der Waals surface area contributed by atoms with Gasteiger partial charge in [0.2, 0.25) is 5.95 Å². The van der Waals surface area contributed by atoms with E-state index in [0.29, 0.717) is 5.69 Å². The third-order valence-electron chi connectivity index (χ3n) is 3.65. The number of anilines is 1. The normalized spacial score (nSPS) is 20.4. The molecule has 1 N–H and O–H groups in total. The zero-order valence-electron chi connectivity index (χ0n) is 10.7. The van der Waals surface area contributed by atoms with Crippen LogP contribution in [0.5, 0.6) is 0 Å². The van der Waals surface area contributed by atoms with E-state index < -0.39 is 0 Å². The summed E-state index contributed by atoms with van der Waals surface area (Å²) in [7, 11) is 2.08. The summed E-state index contributed by atoms with van der Waals surface area (Å²) in [5, 5.41) is 3.22. The van der Waals surface area contributed by atoms with Crippen LogP contribution in [0.2, 0.25) is 0 Å². The van der Waals surface area contributed by atoms with Gasteiger partial charge in [0.1, 0.15) is 5.69 Å². The Morgan fingerprint density at radius 1 is 1.28 bits per heavy atom. The molecule has 0 bridgehead atoms. The topological polar surface area (TPSA) is 53.4 Å².